The molecule has 21 heavy (non-hydrogen) atoms. The second-order valence-corrected chi connectivity index (χ2v) is 6.09. The van der Waals surface area contributed by atoms with E-state index in [4.69, 9.17) is 21.1 Å². The van der Waals surface area contributed by atoms with Gasteiger partial charge in [-0.2, -0.15) is 0 Å². The minimum atomic E-state index is 0.297. The van der Waals surface area contributed by atoms with Crippen molar-refractivity contribution in [1.82, 2.24) is 5.32 Å². The quantitative estimate of drug-likeness (QED) is 0.647. The molecule has 0 saturated carbocycles. The van der Waals surface area contributed by atoms with Gasteiger partial charge in [0.1, 0.15) is 12.4 Å². The van der Waals surface area contributed by atoms with Crippen LogP contribution in [0.25, 0.3) is 0 Å². The molecule has 1 rings (SSSR count). The molecular weight excluding hydrogens is 286 g/mol. The summed E-state index contributed by atoms with van der Waals surface area (Å²) in [5.74, 6) is 1.27. The van der Waals surface area contributed by atoms with Crippen molar-refractivity contribution in [3.63, 3.8) is 0 Å². The molecular formula is C17H28ClNO2. The SMILES string of the molecule is CCCNC(C)c1ccc(OCCOCC(C)C)c(Cl)c1. The molecule has 0 aliphatic rings. The summed E-state index contributed by atoms with van der Waals surface area (Å²) in [5.41, 5.74) is 1.18. The van der Waals surface area contributed by atoms with Gasteiger partial charge in [-0.25, -0.2) is 0 Å². The number of hydrogen-bond donors (Lipinski definition) is 1. The predicted molar refractivity (Wildman–Crippen MR) is 89.3 cm³/mol. The fourth-order valence-corrected chi connectivity index (χ4v) is 2.16. The van der Waals surface area contributed by atoms with Gasteiger partial charge < -0.3 is 14.8 Å². The number of rotatable bonds is 10. The maximum atomic E-state index is 6.28. The Hall–Kier alpha value is -0.770. The molecule has 0 saturated heterocycles. The summed E-state index contributed by atoms with van der Waals surface area (Å²) in [4.78, 5) is 0. The topological polar surface area (TPSA) is 30.5 Å². The molecule has 0 amide bonds. The van der Waals surface area contributed by atoms with Crippen molar-refractivity contribution in [2.24, 2.45) is 5.92 Å². The van der Waals surface area contributed by atoms with Crippen LogP contribution in [0, 0.1) is 5.92 Å². The van der Waals surface area contributed by atoms with Gasteiger partial charge >= 0.3 is 0 Å². The van der Waals surface area contributed by atoms with Crippen molar-refractivity contribution in [3.05, 3.63) is 28.8 Å². The number of hydrogen-bond acceptors (Lipinski definition) is 3. The summed E-state index contributed by atoms with van der Waals surface area (Å²) >= 11 is 6.28. The molecule has 0 bridgehead atoms. The largest absolute Gasteiger partial charge is 0.490 e. The first-order chi connectivity index (χ1) is 10.0. The highest BCUT2D eigenvalue weighted by atomic mass is 35.5. The molecule has 1 atom stereocenters. The van der Waals surface area contributed by atoms with Crippen molar-refractivity contribution in [3.8, 4) is 5.75 Å². The van der Waals surface area contributed by atoms with Crippen LogP contribution < -0.4 is 10.1 Å². The van der Waals surface area contributed by atoms with E-state index in [0.29, 0.717) is 30.2 Å². The molecule has 0 fully saturated rings. The van der Waals surface area contributed by atoms with Crippen molar-refractivity contribution in [1.29, 1.82) is 0 Å². The van der Waals surface area contributed by atoms with Crippen LogP contribution in [-0.2, 0) is 4.74 Å². The smallest absolute Gasteiger partial charge is 0.138 e. The second kappa shape index (κ2) is 10.0. The van der Waals surface area contributed by atoms with Gasteiger partial charge in [-0.1, -0.05) is 38.4 Å². The van der Waals surface area contributed by atoms with E-state index >= 15 is 0 Å². The van der Waals surface area contributed by atoms with E-state index in [1.807, 2.05) is 12.1 Å². The third-order valence-electron chi connectivity index (χ3n) is 3.09. The van der Waals surface area contributed by atoms with Crippen LogP contribution in [0.4, 0.5) is 0 Å². The summed E-state index contributed by atoms with van der Waals surface area (Å²) in [6.07, 6.45) is 1.12. The van der Waals surface area contributed by atoms with Crippen molar-refractivity contribution in [2.45, 2.75) is 40.2 Å². The Morgan fingerprint density at radius 1 is 1.19 bits per heavy atom. The Kier molecular flexibility index (Phi) is 8.74. The molecule has 1 N–H and O–H groups in total. The molecule has 1 aromatic rings. The van der Waals surface area contributed by atoms with E-state index in [2.05, 4.69) is 39.1 Å². The molecule has 0 aliphatic heterocycles. The highest BCUT2D eigenvalue weighted by Gasteiger charge is 2.08. The van der Waals surface area contributed by atoms with Crippen LogP contribution >= 0.6 is 11.6 Å². The van der Waals surface area contributed by atoms with Crippen molar-refractivity contribution >= 4 is 11.6 Å². The van der Waals surface area contributed by atoms with Gasteiger partial charge in [0, 0.05) is 12.6 Å². The van der Waals surface area contributed by atoms with Gasteiger partial charge in [0.2, 0.25) is 0 Å². The van der Waals surface area contributed by atoms with Gasteiger partial charge in [-0.3, -0.25) is 0 Å². The van der Waals surface area contributed by atoms with Crippen LogP contribution in [-0.4, -0.2) is 26.4 Å². The monoisotopic (exact) mass is 313 g/mol. The van der Waals surface area contributed by atoms with E-state index in [0.717, 1.165) is 25.3 Å². The lowest BCUT2D eigenvalue weighted by atomic mass is 10.1. The molecule has 120 valence electrons. The normalized spacial score (nSPS) is 12.7. The zero-order valence-electron chi connectivity index (χ0n) is 13.6. The van der Waals surface area contributed by atoms with E-state index < -0.39 is 0 Å². The lowest BCUT2D eigenvalue weighted by Crippen LogP contribution is -2.19. The lowest BCUT2D eigenvalue weighted by molar-refractivity contribution is 0.0819. The van der Waals surface area contributed by atoms with Gasteiger partial charge in [0.15, 0.2) is 0 Å². The fourth-order valence-electron chi connectivity index (χ4n) is 1.91. The number of ether oxygens (including phenoxy) is 2. The van der Waals surface area contributed by atoms with E-state index in [1.54, 1.807) is 0 Å². The summed E-state index contributed by atoms with van der Waals surface area (Å²) in [6.45, 7) is 11.4. The first-order valence-electron chi connectivity index (χ1n) is 7.78. The van der Waals surface area contributed by atoms with E-state index in [9.17, 15) is 0 Å². The standard InChI is InChI=1S/C17H28ClNO2/c1-5-8-19-14(4)15-6-7-17(16(18)11-15)21-10-9-20-12-13(2)3/h6-7,11,13-14,19H,5,8-10,12H2,1-4H3. The summed E-state index contributed by atoms with van der Waals surface area (Å²) < 4.78 is 11.1. The Labute approximate surface area is 134 Å². The van der Waals surface area contributed by atoms with Crippen LogP contribution in [0.2, 0.25) is 5.02 Å². The molecule has 0 radical (unpaired) electrons. The van der Waals surface area contributed by atoms with Gasteiger partial charge in [-0.15, -0.1) is 0 Å². The van der Waals surface area contributed by atoms with Gasteiger partial charge in [0.05, 0.1) is 11.6 Å². The van der Waals surface area contributed by atoms with Crippen LogP contribution in [0.3, 0.4) is 0 Å². The number of nitrogens with one attached hydrogen (secondary N) is 1. The Morgan fingerprint density at radius 3 is 2.57 bits per heavy atom. The average molecular weight is 314 g/mol. The second-order valence-electron chi connectivity index (χ2n) is 5.68. The predicted octanol–water partition coefficient (Wildman–Crippen LogP) is 4.45. The van der Waals surface area contributed by atoms with Crippen LogP contribution in [0.15, 0.2) is 18.2 Å². The Balaban J connectivity index is 2.43. The first-order valence-corrected chi connectivity index (χ1v) is 8.15. The Morgan fingerprint density at radius 2 is 1.95 bits per heavy atom. The molecule has 0 heterocycles. The minimum absolute atomic E-state index is 0.297. The molecule has 0 aromatic heterocycles. The van der Waals surface area contributed by atoms with E-state index in [1.165, 1.54) is 5.56 Å². The molecule has 0 spiro atoms. The molecule has 4 heteroatoms. The molecule has 1 unspecified atom stereocenters. The summed E-state index contributed by atoms with van der Waals surface area (Å²) in [5, 5.41) is 4.10. The number of benzene rings is 1. The molecule has 3 nitrogen and oxygen atoms in total. The Bertz CT molecular complexity index is 410. The highest BCUT2D eigenvalue weighted by Crippen LogP contribution is 2.27. The third kappa shape index (κ3) is 7.16. The van der Waals surface area contributed by atoms with E-state index in [-0.39, 0.29) is 0 Å². The molecule has 0 aliphatic carbocycles. The summed E-state index contributed by atoms with van der Waals surface area (Å²) in [6, 6.07) is 6.26. The highest BCUT2D eigenvalue weighted by molar-refractivity contribution is 6.32. The fraction of sp³-hybridized carbons (Fsp3) is 0.647. The lowest BCUT2D eigenvalue weighted by Gasteiger charge is -2.15. The average Bonchev–Trinajstić information content (AvgIpc) is 2.45. The zero-order chi connectivity index (χ0) is 15.7. The van der Waals surface area contributed by atoms with Crippen molar-refractivity contribution in [2.75, 3.05) is 26.4 Å². The third-order valence-corrected chi connectivity index (χ3v) is 3.39. The van der Waals surface area contributed by atoms with Crippen molar-refractivity contribution < 1.29 is 9.47 Å². The zero-order valence-corrected chi connectivity index (χ0v) is 14.4. The first kappa shape index (κ1) is 18.3. The molecule has 1 aromatic carbocycles. The van der Waals surface area contributed by atoms with Gasteiger partial charge in [-0.05, 0) is 43.5 Å². The maximum Gasteiger partial charge on any atom is 0.138 e. The maximum absolute atomic E-state index is 6.28. The van der Waals surface area contributed by atoms with Crippen LogP contribution in [0.5, 0.6) is 5.75 Å². The minimum Gasteiger partial charge on any atom is -0.490 e. The summed E-state index contributed by atoms with van der Waals surface area (Å²) in [7, 11) is 0. The number of halogens is 1. The van der Waals surface area contributed by atoms with Gasteiger partial charge in [0.25, 0.3) is 0 Å². The van der Waals surface area contributed by atoms with Crippen LogP contribution in [0.1, 0.15) is 45.7 Å².